The lowest BCUT2D eigenvalue weighted by atomic mass is 9.87. The summed E-state index contributed by atoms with van der Waals surface area (Å²) in [6, 6.07) is 5.55. The van der Waals surface area contributed by atoms with E-state index < -0.39 is 29.7 Å². The van der Waals surface area contributed by atoms with E-state index >= 15 is 0 Å². The summed E-state index contributed by atoms with van der Waals surface area (Å²) in [4.78, 5) is 53.7. The van der Waals surface area contributed by atoms with Crippen LogP contribution in [0.15, 0.2) is 24.3 Å². The standard InChI is InChI=1S/C28H43N3O6/c1-8-36-22(32)16-17-29-25(33)24(20-14-12-19(4)13-15-20)31(21-10-9-11-21)26(34)23(18(2)3)30-27(35)37-28(5,6)7/h12-15,18,21,23-24H,8-11,16-17H2,1-7H3,(H,29,33)(H,30,35). The third kappa shape index (κ3) is 9.05. The highest BCUT2D eigenvalue weighted by Crippen LogP contribution is 2.34. The number of nitrogens with zero attached hydrogens (tertiary/aromatic N) is 1. The summed E-state index contributed by atoms with van der Waals surface area (Å²) in [5, 5.41) is 5.56. The summed E-state index contributed by atoms with van der Waals surface area (Å²) in [5.41, 5.74) is 0.976. The van der Waals surface area contributed by atoms with Crippen LogP contribution in [0.4, 0.5) is 4.79 Å². The second-order valence-corrected chi connectivity index (χ2v) is 10.9. The second kappa shape index (κ2) is 13.4. The number of hydrogen-bond acceptors (Lipinski definition) is 6. The number of benzene rings is 1. The molecule has 1 fully saturated rings. The van der Waals surface area contributed by atoms with Gasteiger partial charge in [-0.25, -0.2) is 4.79 Å². The first-order chi connectivity index (χ1) is 17.3. The number of nitrogens with one attached hydrogen (secondary N) is 2. The number of carbonyl (C=O) groups is 4. The Hall–Kier alpha value is -3.10. The molecule has 2 atom stereocenters. The lowest BCUT2D eigenvalue weighted by molar-refractivity contribution is -0.148. The van der Waals surface area contributed by atoms with Crippen LogP contribution in [-0.2, 0) is 23.9 Å². The number of aryl methyl sites for hydroxylation is 1. The number of esters is 1. The van der Waals surface area contributed by atoms with Gasteiger partial charge in [-0.15, -0.1) is 0 Å². The molecule has 2 rings (SSSR count). The van der Waals surface area contributed by atoms with E-state index in [0.717, 1.165) is 24.8 Å². The van der Waals surface area contributed by atoms with Crippen molar-refractivity contribution in [1.29, 1.82) is 0 Å². The van der Waals surface area contributed by atoms with Gasteiger partial charge in [0, 0.05) is 12.6 Å². The van der Waals surface area contributed by atoms with Gasteiger partial charge in [0.2, 0.25) is 11.8 Å². The predicted octanol–water partition coefficient (Wildman–Crippen LogP) is 4.04. The van der Waals surface area contributed by atoms with Gasteiger partial charge >= 0.3 is 12.1 Å². The summed E-state index contributed by atoms with van der Waals surface area (Å²) in [6.07, 6.45) is 1.83. The monoisotopic (exact) mass is 517 g/mol. The Bertz CT molecular complexity index is 934. The predicted molar refractivity (Wildman–Crippen MR) is 141 cm³/mol. The van der Waals surface area contributed by atoms with Crippen molar-refractivity contribution in [2.24, 2.45) is 5.92 Å². The van der Waals surface area contributed by atoms with E-state index in [1.165, 1.54) is 0 Å². The molecule has 0 bridgehead atoms. The molecule has 0 aromatic heterocycles. The molecule has 1 aromatic carbocycles. The quantitative estimate of drug-likeness (QED) is 0.428. The molecule has 0 radical (unpaired) electrons. The summed E-state index contributed by atoms with van der Waals surface area (Å²) in [7, 11) is 0. The third-order valence-electron chi connectivity index (χ3n) is 6.18. The van der Waals surface area contributed by atoms with Crippen LogP contribution in [0.5, 0.6) is 0 Å². The average molecular weight is 518 g/mol. The van der Waals surface area contributed by atoms with Crippen molar-refractivity contribution in [2.75, 3.05) is 13.2 Å². The smallest absolute Gasteiger partial charge is 0.408 e. The molecule has 1 saturated carbocycles. The summed E-state index contributed by atoms with van der Waals surface area (Å²) < 4.78 is 10.4. The van der Waals surface area contributed by atoms with Gasteiger partial charge < -0.3 is 25.0 Å². The molecule has 206 valence electrons. The van der Waals surface area contributed by atoms with Crippen molar-refractivity contribution in [1.82, 2.24) is 15.5 Å². The maximum Gasteiger partial charge on any atom is 0.408 e. The van der Waals surface area contributed by atoms with E-state index in [0.29, 0.717) is 5.56 Å². The largest absolute Gasteiger partial charge is 0.466 e. The molecule has 37 heavy (non-hydrogen) atoms. The minimum Gasteiger partial charge on any atom is -0.466 e. The molecule has 0 heterocycles. The van der Waals surface area contributed by atoms with E-state index in [-0.39, 0.29) is 43.3 Å². The summed E-state index contributed by atoms with van der Waals surface area (Å²) >= 11 is 0. The fourth-order valence-electron chi connectivity index (χ4n) is 4.10. The molecule has 0 saturated heterocycles. The number of hydrogen-bond donors (Lipinski definition) is 2. The van der Waals surface area contributed by atoms with Gasteiger partial charge in [0.05, 0.1) is 13.0 Å². The molecule has 0 spiro atoms. The van der Waals surface area contributed by atoms with Crippen LogP contribution in [0.1, 0.15) is 84.4 Å². The van der Waals surface area contributed by atoms with Crippen LogP contribution in [0.25, 0.3) is 0 Å². The van der Waals surface area contributed by atoms with E-state index in [4.69, 9.17) is 9.47 Å². The second-order valence-electron chi connectivity index (χ2n) is 10.9. The van der Waals surface area contributed by atoms with Gasteiger partial charge in [-0.05, 0) is 65.4 Å². The van der Waals surface area contributed by atoms with E-state index in [1.807, 2.05) is 45.0 Å². The molecular formula is C28H43N3O6. The molecule has 9 nitrogen and oxygen atoms in total. The van der Waals surface area contributed by atoms with Gasteiger partial charge in [0.25, 0.3) is 0 Å². The number of alkyl carbamates (subject to hydrolysis) is 1. The van der Waals surface area contributed by atoms with Gasteiger partial charge in [0.1, 0.15) is 17.7 Å². The van der Waals surface area contributed by atoms with Crippen molar-refractivity contribution < 1.29 is 28.7 Å². The average Bonchev–Trinajstić information content (AvgIpc) is 2.75. The minimum atomic E-state index is -0.915. The lowest BCUT2D eigenvalue weighted by Gasteiger charge is -2.44. The Kier molecular flexibility index (Phi) is 10.9. The van der Waals surface area contributed by atoms with Crippen molar-refractivity contribution in [3.05, 3.63) is 35.4 Å². The number of amides is 3. The first-order valence-electron chi connectivity index (χ1n) is 13.2. The fraction of sp³-hybridized carbons (Fsp3) is 0.643. The zero-order valence-electron chi connectivity index (χ0n) is 23.3. The van der Waals surface area contributed by atoms with Gasteiger partial charge in [-0.1, -0.05) is 43.7 Å². The maximum atomic E-state index is 14.1. The topological polar surface area (TPSA) is 114 Å². The van der Waals surface area contributed by atoms with Crippen LogP contribution >= 0.6 is 0 Å². The number of rotatable bonds is 11. The molecular weight excluding hydrogens is 474 g/mol. The summed E-state index contributed by atoms with van der Waals surface area (Å²) in [6.45, 7) is 13.0. The highest BCUT2D eigenvalue weighted by Gasteiger charge is 2.42. The van der Waals surface area contributed by atoms with Crippen molar-refractivity contribution in [3.8, 4) is 0 Å². The molecule has 2 N–H and O–H groups in total. The van der Waals surface area contributed by atoms with Crippen molar-refractivity contribution >= 4 is 23.9 Å². The molecule has 2 unspecified atom stereocenters. The SMILES string of the molecule is CCOC(=O)CCNC(=O)C(c1ccc(C)cc1)N(C(=O)C(NC(=O)OC(C)(C)C)C(C)C)C1CCC1. The zero-order chi connectivity index (χ0) is 27.8. The van der Waals surface area contributed by atoms with E-state index in [2.05, 4.69) is 10.6 Å². The Morgan fingerprint density at radius 3 is 2.19 bits per heavy atom. The van der Waals surface area contributed by atoms with Crippen LogP contribution in [0, 0.1) is 12.8 Å². The Balaban J connectivity index is 2.38. The maximum absolute atomic E-state index is 14.1. The van der Waals surface area contributed by atoms with Crippen LogP contribution in [-0.4, -0.2) is 59.6 Å². The molecule has 1 aliphatic rings. The first kappa shape index (κ1) is 30.1. The third-order valence-corrected chi connectivity index (χ3v) is 6.18. The first-order valence-corrected chi connectivity index (χ1v) is 13.2. The molecule has 1 aliphatic carbocycles. The van der Waals surface area contributed by atoms with Crippen LogP contribution in [0.2, 0.25) is 0 Å². The molecule has 9 heteroatoms. The van der Waals surface area contributed by atoms with Crippen molar-refractivity contribution in [2.45, 2.75) is 97.9 Å². The molecule has 1 aromatic rings. The van der Waals surface area contributed by atoms with E-state index in [9.17, 15) is 19.2 Å². The van der Waals surface area contributed by atoms with Crippen LogP contribution < -0.4 is 10.6 Å². The highest BCUT2D eigenvalue weighted by molar-refractivity contribution is 5.92. The molecule has 0 aliphatic heterocycles. The summed E-state index contributed by atoms with van der Waals surface area (Å²) in [5.74, 6) is -1.36. The Morgan fingerprint density at radius 1 is 1.08 bits per heavy atom. The van der Waals surface area contributed by atoms with Gasteiger partial charge in [0.15, 0.2) is 0 Å². The Labute approximate surface area is 220 Å². The lowest BCUT2D eigenvalue weighted by Crippen LogP contribution is -2.58. The van der Waals surface area contributed by atoms with Crippen molar-refractivity contribution in [3.63, 3.8) is 0 Å². The highest BCUT2D eigenvalue weighted by atomic mass is 16.6. The van der Waals surface area contributed by atoms with Crippen LogP contribution in [0.3, 0.4) is 0 Å². The number of carbonyl (C=O) groups excluding carboxylic acids is 4. The minimum absolute atomic E-state index is 0.0341. The zero-order valence-corrected chi connectivity index (χ0v) is 23.3. The molecule has 3 amide bonds. The van der Waals surface area contributed by atoms with Gasteiger partial charge in [-0.2, -0.15) is 0 Å². The number of ether oxygens (including phenoxy) is 2. The van der Waals surface area contributed by atoms with E-state index in [1.54, 1.807) is 32.6 Å². The Morgan fingerprint density at radius 2 is 1.70 bits per heavy atom. The van der Waals surface area contributed by atoms with Gasteiger partial charge in [-0.3, -0.25) is 14.4 Å². The fourth-order valence-corrected chi connectivity index (χ4v) is 4.10. The normalized spacial score (nSPS) is 15.2.